The molecule has 26 heavy (non-hydrogen) atoms. The molecule has 0 aliphatic heterocycles. The van der Waals surface area contributed by atoms with Crippen LogP contribution >= 0.6 is 11.3 Å². The summed E-state index contributed by atoms with van der Waals surface area (Å²) in [5.74, 6) is 2.60. The maximum Gasteiger partial charge on any atom is 0.192 e. The number of thiophene rings is 1. The van der Waals surface area contributed by atoms with Crippen molar-refractivity contribution in [3.63, 3.8) is 0 Å². The molecule has 0 radical (unpaired) electrons. The lowest BCUT2D eigenvalue weighted by molar-refractivity contribution is 0.664. The number of nitrogens with zero attached hydrogens (tertiary/aromatic N) is 4. The minimum absolute atomic E-state index is 0.514. The highest BCUT2D eigenvalue weighted by molar-refractivity contribution is 7.09. The molecule has 1 aliphatic rings. The summed E-state index contributed by atoms with van der Waals surface area (Å²) in [5, 5.41) is 17.3. The number of allylic oxidation sites excluding steroid dienone is 1. The van der Waals surface area contributed by atoms with E-state index in [1.807, 2.05) is 18.5 Å². The molecular weight excluding hydrogens is 344 g/mol. The largest absolute Gasteiger partial charge is 0.356 e. The number of guanidine groups is 1. The zero-order valence-electron chi connectivity index (χ0n) is 15.7. The van der Waals surface area contributed by atoms with E-state index >= 15 is 0 Å². The highest BCUT2D eigenvalue weighted by Crippen LogP contribution is 2.19. The van der Waals surface area contributed by atoms with Gasteiger partial charge in [-0.2, -0.15) is 0 Å². The molecule has 7 heteroatoms. The van der Waals surface area contributed by atoms with E-state index in [0.29, 0.717) is 6.54 Å². The first-order valence-corrected chi connectivity index (χ1v) is 10.2. The quantitative estimate of drug-likeness (QED) is 0.444. The van der Waals surface area contributed by atoms with Gasteiger partial charge in [0.1, 0.15) is 12.4 Å². The second-order valence-corrected chi connectivity index (χ2v) is 7.64. The average Bonchev–Trinajstić information content (AvgIpc) is 3.29. The first-order valence-electron chi connectivity index (χ1n) is 9.29. The molecule has 0 aromatic carbocycles. The molecule has 0 saturated carbocycles. The highest BCUT2D eigenvalue weighted by atomic mass is 32.1. The highest BCUT2D eigenvalue weighted by Gasteiger charge is 2.07. The lowest BCUT2D eigenvalue weighted by Crippen LogP contribution is -2.37. The summed E-state index contributed by atoms with van der Waals surface area (Å²) in [6.07, 6.45) is 8.64. The van der Waals surface area contributed by atoms with Crippen molar-refractivity contribution >= 4 is 17.3 Å². The van der Waals surface area contributed by atoms with Gasteiger partial charge < -0.3 is 15.2 Å². The molecule has 1 aliphatic carbocycles. The Morgan fingerprint density at radius 1 is 1.31 bits per heavy atom. The molecular formula is C19H28N6S. The van der Waals surface area contributed by atoms with Gasteiger partial charge in [-0.1, -0.05) is 17.7 Å². The fourth-order valence-corrected chi connectivity index (χ4v) is 3.61. The molecule has 0 unspecified atom stereocenters. The monoisotopic (exact) mass is 372 g/mol. The predicted molar refractivity (Wildman–Crippen MR) is 107 cm³/mol. The number of hydrogen-bond acceptors (Lipinski definition) is 4. The summed E-state index contributed by atoms with van der Waals surface area (Å²) in [5.41, 5.74) is 1.57. The van der Waals surface area contributed by atoms with Gasteiger partial charge in [-0.25, -0.2) is 4.99 Å². The van der Waals surface area contributed by atoms with E-state index in [9.17, 15) is 0 Å². The van der Waals surface area contributed by atoms with Gasteiger partial charge in [0.2, 0.25) is 0 Å². The second-order valence-electron chi connectivity index (χ2n) is 6.61. The Labute approximate surface area is 159 Å². The van der Waals surface area contributed by atoms with E-state index in [1.165, 1.54) is 30.6 Å². The summed E-state index contributed by atoms with van der Waals surface area (Å²) in [6, 6.07) is 4.21. The third kappa shape index (κ3) is 5.42. The summed E-state index contributed by atoms with van der Waals surface area (Å²) in [6.45, 7) is 4.15. The Kier molecular flexibility index (Phi) is 6.82. The van der Waals surface area contributed by atoms with Crippen LogP contribution in [0.4, 0.5) is 0 Å². The van der Waals surface area contributed by atoms with E-state index in [1.54, 1.807) is 16.9 Å². The van der Waals surface area contributed by atoms with E-state index in [0.717, 1.165) is 37.1 Å². The standard InChI is InChI=1S/C19H28N6S/c1-15-23-24-18(25(15)2)14-22-19(21-13-17-9-6-12-26-17)20-11-10-16-7-4-3-5-8-16/h6-7,9,12H,3-5,8,10-11,13-14H2,1-2H3,(H2,20,21,22). The van der Waals surface area contributed by atoms with Gasteiger partial charge in [0.25, 0.3) is 0 Å². The molecule has 0 amide bonds. The Bertz CT molecular complexity index is 744. The molecule has 0 spiro atoms. The molecule has 140 valence electrons. The molecule has 0 saturated heterocycles. The third-order valence-corrected chi connectivity index (χ3v) is 5.57. The zero-order chi connectivity index (χ0) is 18.2. The van der Waals surface area contributed by atoms with Crippen LogP contribution in [0.15, 0.2) is 34.2 Å². The summed E-state index contributed by atoms with van der Waals surface area (Å²) in [4.78, 5) is 6.00. The molecule has 2 aromatic heterocycles. The average molecular weight is 373 g/mol. The van der Waals surface area contributed by atoms with Gasteiger partial charge in [-0.3, -0.25) is 0 Å². The predicted octanol–water partition coefficient (Wildman–Crippen LogP) is 3.31. The molecule has 2 aromatic rings. The minimum atomic E-state index is 0.514. The Morgan fingerprint density at radius 3 is 2.92 bits per heavy atom. The molecule has 6 nitrogen and oxygen atoms in total. The number of aromatic nitrogens is 3. The van der Waals surface area contributed by atoms with Crippen molar-refractivity contribution < 1.29 is 0 Å². The van der Waals surface area contributed by atoms with Crippen LogP contribution in [-0.2, 0) is 20.1 Å². The van der Waals surface area contributed by atoms with Crippen molar-refractivity contribution in [3.8, 4) is 0 Å². The van der Waals surface area contributed by atoms with Crippen LogP contribution < -0.4 is 10.6 Å². The van der Waals surface area contributed by atoms with Crippen molar-refractivity contribution in [2.75, 3.05) is 6.54 Å². The molecule has 0 atom stereocenters. The van der Waals surface area contributed by atoms with E-state index in [2.05, 4.69) is 44.4 Å². The van der Waals surface area contributed by atoms with E-state index in [-0.39, 0.29) is 0 Å². The molecule has 3 rings (SSSR count). The minimum Gasteiger partial charge on any atom is -0.356 e. The maximum absolute atomic E-state index is 4.71. The fourth-order valence-electron chi connectivity index (χ4n) is 2.97. The first kappa shape index (κ1) is 18.6. The van der Waals surface area contributed by atoms with E-state index in [4.69, 9.17) is 4.99 Å². The number of aryl methyl sites for hydroxylation is 1. The normalized spacial score (nSPS) is 15.0. The van der Waals surface area contributed by atoms with Crippen LogP contribution in [0.25, 0.3) is 0 Å². The van der Waals surface area contributed by atoms with Crippen LogP contribution in [0.1, 0.15) is 48.6 Å². The Morgan fingerprint density at radius 2 is 2.23 bits per heavy atom. The van der Waals surface area contributed by atoms with Gasteiger partial charge >= 0.3 is 0 Å². The Hall–Kier alpha value is -2.15. The second kappa shape index (κ2) is 9.52. The molecule has 2 N–H and O–H groups in total. The van der Waals surface area contributed by atoms with Crippen LogP contribution in [0.3, 0.4) is 0 Å². The number of nitrogens with one attached hydrogen (secondary N) is 2. The lowest BCUT2D eigenvalue weighted by atomic mass is 9.97. The van der Waals surface area contributed by atoms with Gasteiger partial charge in [0, 0.05) is 18.5 Å². The molecule has 0 fully saturated rings. The molecule has 0 bridgehead atoms. The SMILES string of the molecule is Cc1nnc(CN=C(NCCC2=CCCCC2)NCc2cccs2)n1C. The smallest absolute Gasteiger partial charge is 0.192 e. The number of hydrogen-bond donors (Lipinski definition) is 2. The summed E-state index contributed by atoms with van der Waals surface area (Å²) >= 11 is 1.75. The van der Waals surface area contributed by atoms with Gasteiger partial charge in [0.05, 0.1) is 6.54 Å². The molecule has 2 heterocycles. The van der Waals surface area contributed by atoms with Crippen molar-refractivity contribution in [2.45, 2.75) is 52.1 Å². The number of rotatable bonds is 7. The summed E-state index contributed by atoms with van der Waals surface area (Å²) in [7, 11) is 1.97. The van der Waals surface area contributed by atoms with Crippen LogP contribution in [-0.4, -0.2) is 27.3 Å². The van der Waals surface area contributed by atoms with Crippen LogP contribution in [0, 0.1) is 6.92 Å². The van der Waals surface area contributed by atoms with Gasteiger partial charge in [0.15, 0.2) is 11.8 Å². The van der Waals surface area contributed by atoms with Crippen LogP contribution in [0.2, 0.25) is 0 Å². The van der Waals surface area contributed by atoms with Crippen LogP contribution in [0.5, 0.6) is 0 Å². The fraction of sp³-hybridized carbons (Fsp3) is 0.526. The lowest BCUT2D eigenvalue weighted by Gasteiger charge is -2.15. The maximum atomic E-state index is 4.71. The third-order valence-electron chi connectivity index (χ3n) is 4.70. The van der Waals surface area contributed by atoms with Crippen molar-refractivity contribution in [1.29, 1.82) is 0 Å². The van der Waals surface area contributed by atoms with Gasteiger partial charge in [-0.15, -0.1) is 21.5 Å². The summed E-state index contributed by atoms with van der Waals surface area (Å²) < 4.78 is 1.98. The topological polar surface area (TPSA) is 67.1 Å². The van der Waals surface area contributed by atoms with Gasteiger partial charge in [-0.05, 0) is 50.5 Å². The number of aliphatic imine (C=N–C) groups is 1. The van der Waals surface area contributed by atoms with Crippen molar-refractivity contribution in [3.05, 3.63) is 45.7 Å². The van der Waals surface area contributed by atoms with E-state index < -0.39 is 0 Å². The first-order chi connectivity index (χ1) is 12.7. The zero-order valence-corrected chi connectivity index (χ0v) is 16.5. The Balaban J connectivity index is 1.57. The van der Waals surface area contributed by atoms with Crippen molar-refractivity contribution in [2.24, 2.45) is 12.0 Å². The van der Waals surface area contributed by atoms with Crippen molar-refractivity contribution in [1.82, 2.24) is 25.4 Å².